The van der Waals surface area contributed by atoms with Gasteiger partial charge in [0, 0.05) is 31.2 Å². The minimum atomic E-state index is -0.0835. The Balaban J connectivity index is 2.14. The van der Waals surface area contributed by atoms with Gasteiger partial charge in [-0.25, -0.2) is 4.39 Å². The number of rotatable bonds is 3. The van der Waals surface area contributed by atoms with Crippen LogP contribution in [0.15, 0.2) is 18.2 Å². The summed E-state index contributed by atoms with van der Waals surface area (Å²) in [6, 6.07) is 5.60. The first-order valence-electron chi connectivity index (χ1n) is 5.95. The molecule has 0 unspecified atom stereocenters. The van der Waals surface area contributed by atoms with Crippen LogP contribution in [0.4, 0.5) is 4.39 Å². The zero-order chi connectivity index (χ0) is 11.5. The minimum Gasteiger partial charge on any atom is -0.326 e. The fraction of sp³-hybridized carbons (Fsp3) is 0.538. The summed E-state index contributed by atoms with van der Waals surface area (Å²) in [5, 5.41) is 0. The third-order valence-corrected chi connectivity index (χ3v) is 3.29. The molecule has 16 heavy (non-hydrogen) atoms. The molecule has 2 N–H and O–H groups in total. The van der Waals surface area contributed by atoms with E-state index in [2.05, 4.69) is 11.8 Å². The van der Waals surface area contributed by atoms with Gasteiger partial charge in [0.1, 0.15) is 5.82 Å². The van der Waals surface area contributed by atoms with E-state index in [4.69, 9.17) is 5.73 Å². The lowest BCUT2D eigenvalue weighted by atomic mass is 10.0. The Morgan fingerprint density at radius 1 is 1.50 bits per heavy atom. The van der Waals surface area contributed by atoms with Crippen LogP contribution in [0.1, 0.15) is 24.5 Å². The molecule has 1 aromatic carbocycles. The normalized spacial score (nSPS) is 21.6. The molecular weight excluding hydrogens is 203 g/mol. The highest BCUT2D eigenvalue weighted by atomic mass is 19.1. The molecule has 0 aromatic heterocycles. The zero-order valence-electron chi connectivity index (χ0n) is 9.75. The van der Waals surface area contributed by atoms with E-state index in [9.17, 15) is 4.39 Å². The lowest BCUT2D eigenvalue weighted by molar-refractivity contribution is 0.320. The van der Waals surface area contributed by atoms with Crippen LogP contribution in [0.25, 0.3) is 0 Å². The molecule has 1 heterocycles. The number of hydrogen-bond acceptors (Lipinski definition) is 2. The Morgan fingerprint density at radius 3 is 2.94 bits per heavy atom. The SMILES string of the molecule is CCc1cccc(F)c1CN1CC[C@@H](N)C1. The fourth-order valence-corrected chi connectivity index (χ4v) is 2.34. The molecule has 3 heteroatoms. The van der Waals surface area contributed by atoms with Crippen molar-refractivity contribution >= 4 is 0 Å². The molecule has 0 amide bonds. The molecule has 1 aliphatic heterocycles. The molecule has 1 aromatic rings. The van der Waals surface area contributed by atoms with E-state index in [0.717, 1.165) is 37.1 Å². The van der Waals surface area contributed by atoms with Gasteiger partial charge < -0.3 is 5.73 Å². The van der Waals surface area contributed by atoms with Crippen molar-refractivity contribution in [1.82, 2.24) is 4.90 Å². The van der Waals surface area contributed by atoms with Crippen LogP contribution in [0, 0.1) is 5.82 Å². The van der Waals surface area contributed by atoms with Crippen molar-refractivity contribution in [2.75, 3.05) is 13.1 Å². The lowest BCUT2D eigenvalue weighted by Crippen LogP contribution is -2.26. The van der Waals surface area contributed by atoms with E-state index < -0.39 is 0 Å². The van der Waals surface area contributed by atoms with Gasteiger partial charge in [-0.2, -0.15) is 0 Å². The van der Waals surface area contributed by atoms with Crippen LogP contribution in [-0.4, -0.2) is 24.0 Å². The molecule has 2 nitrogen and oxygen atoms in total. The monoisotopic (exact) mass is 222 g/mol. The maximum atomic E-state index is 13.7. The quantitative estimate of drug-likeness (QED) is 0.846. The summed E-state index contributed by atoms with van der Waals surface area (Å²) in [5.41, 5.74) is 7.81. The Morgan fingerprint density at radius 2 is 2.31 bits per heavy atom. The van der Waals surface area contributed by atoms with Gasteiger partial charge in [0.25, 0.3) is 0 Å². The Bertz CT molecular complexity index is 365. The average Bonchev–Trinajstić information content (AvgIpc) is 2.67. The van der Waals surface area contributed by atoms with Gasteiger partial charge in [-0.3, -0.25) is 4.90 Å². The molecule has 1 saturated heterocycles. The van der Waals surface area contributed by atoms with Gasteiger partial charge in [0.15, 0.2) is 0 Å². The number of hydrogen-bond donors (Lipinski definition) is 1. The smallest absolute Gasteiger partial charge is 0.127 e. The summed E-state index contributed by atoms with van der Waals surface area (Å²) in [6.45, 7) is 4.63. The third kappa shape index (κ3) is 2.42. The second-order valence-electron chi connectivity index (χ2n) is 4.51. The van der Waals surface area contributed by atoms with E-state index >= 15 is 0 Å². The zero-order valence-corrected chi connectivity index (χ0v) is 9.75. The number of benzene rings is 1. The maximum absolute atomic E-state index is 13.7. The Kier molecular flexibility index (Phi) is 3.56. The van der Waals surface area contributed by atoms with Crippen molar-refractivity contribution in [3.63, 3.8) is 0 Å². The maximum Gasteiger partial charge on any atom is 0.127 e. The number of halogens is 1. The largest absolute Gasteiger partial charge is 0.326 e. The summed E-state index contributed by atoms with van der Waals surface area (Å²) >= 11 is 0. The predicted molar refractivity (Wildman–Crippen MR) is 63.6 cm³/mol. The minimum absolute atomic E-state index is 0.0835. The van der Waals surface area contributed by atoms with Crippen molar-refractivity contribution < 1.29 is 4.39 Å². The van der Waals surface area contributed by atoms with Crippen molar-refractivity contribution in [2.24, 2.45) is 5.73 Å². The molecule has 88 valence electrons. The van der Waals surface area contributed by atoms with Crippen molar-refractivity contribution in [3.05, 3.63) is 35.1 Å². The summed E-state index contributed by atoms with van der Waals surface area (Å²) in [7, 11) is 0. The topological polar surface area (TPSA) is 29.3 Å². The van der Waals surface area contributed by atoms with E-state index in [-0.39, 0.29) is 11.9 Å². The molecule has 1 atom stereocenters. The van der Waals surface area contributed by atoms with Crippen LogP contribution >= 0.6 is 0 Å². The van der Waals surface area contributed by atoms with Gasteiger partial charge in [-0.1, -0.05) is 19.1 Å². The summed E-state index contributed by atoms with van der Waals surface area (Å²) in [5.74, 6) is -0.0835. The molecule has 0 radical (unpaired) electrons. The van der Waals surface area contributed by atoms with Crippen molar-refractivity contribution in [2.45, 2.75) is 32.4 Å². The van der Waals surface area contributed by atoms with Gasteiger partial charge in [0.05, 0.1) is 0 Å². The Labute approximate surface area is 96.2 Å². The second kappa shape index (κ2) is 4.93. The Hall–Kier alpha value is -0.930. The first-order valence-corrected chi connectivity index (χ1v) is 5.95. The van der Waals surface area contributed by atoms with E-state index in [0.29, 0.717) is 6.54 Å². The molecule has 2 rings (SSSR count). The van der Waals surface area contributed by atoms with E-state index in [1.807, 2.05) is 6.07 Å². The highest BCUT2D eigenvalue weighted by molar-refractivity contribution is 5.28. The van der Waals surface area contributed by atoms with Crippen molar-refractivity contribution in [3.8, 4) is 0 Å². The summed E-state index contributed by atoms with van der Waals surface area (Å²) in [6.07, 6.45) is 1.91. The van der Waals surface area contributed by atoms with Gasteiger partial charge >= 0.3 is 0 Å². The summed E-state index contributed by atoms with van der Waals surface area (Å²) in [4.78, 5) is 2.24. The average molecular weight is 222 g/mol. The van der Waals surface area contributed by atoms with Gasteiger partial charge in [0.2, 0.25) is 0 Å². The van der Waals surface area contributed by atoms with Gasteiger partial charge in [-0.15, -0.1) is 0 Å². The molecule has 1 aliphatic rings. The first kappa shape index (κ1) is 11.6. The fourth-order valence-electron chi connectivity index (χ4n) is 2.34. The molecule has 0 aliphatic carbocycles. The van der Waals surface area contributed by atoms with E-state index in [1.165, 1.54) is 0 Å². The van der Waals surface area contributed by atoms with Crippen molar-refractivity contribution in [1.29, 1.82) is 0 Å². The molecule has 0 saturated carbocycles. The highest BCUT2D eigenvalue weighted by Gasteiger charge is 2.20. The number of likely N-dealkylation sites (tertiary alicyclic amines) is 1. The van der Waals surface area contributed by atoms with Crippen LogP contribution < -0.4 is 5.73 Å². The molecule has 1 fully saturated rings. The predicted octanol–water partition coefficient (Wildman–Crippen LogP) is 1.92. The first-order chi connectivity index (χ1) is 7.70. The number of aryl methyl sites for hydroxylation is 1. The van der Waals surface area contributed by atoms with Crippen LogP contribution in [0.2, 0.25) is 0 Å². The lowest BCUT2D eigenvalue weighted by Gasteiger charge is -2.18. The molecule has 0 bridgehead atoms. The van der Waals surface area contributed by atoms with Crippen LogP contribution in [0.3, 0.4) is 0 Å². The second-order valence-corrected chi connectivity index (χ2v) is 4.51. The highest BCUT2D eigenvalue weighted by Crippen LogP contribution is 2.19. The van der Waals surface area contributed by atoms with Gasteiger partial charge in [-0.05, 0) is 24.5 Å². The van der Waals surface area contributed by atoms with Crippen LogP contribution in [0.5, 0.6) is 0 Å². The summed E-state index contributed by atoms with van der Waals surface area (Å²) < 4.78 is 13.7. The standard InChI is InChI=1S/C13H19FN2/c1-2-10-4-3-5-13(14)12(10)9-16-7-6-11(15)8-16/h3-5,11H,2,6-9,15H2,1H3/t11-/m1/s1. The van der Waals surface area contributed by atoms with Crippen LogP contribution in [-0.2, 0) is 13.0 Å². The number of nitrogens with two attached hydrogens (primary N) is 1. The van der Waals surface area contributed by atoms with E-state index in [1.54, 1.807) is 12.1 Å². The number of nitrogens with zero attached hydrogens (tertiary/aromatic N) is 1. The molecular formula is C13H19FN2. The molecule has 0 spiro atoms. The third-order valence-electron chi connectivity index (χ3n) is 3.29.